The molecule has 1 fully saturated rings. The minimum absolute atomic E-state index is 0. The van der Waals surface area contributed by atoms with Gasteiger partial charge in [0.1, 0.15) is 0 Å². The molecular weight excluding hydrogens is 356 g/mol. The summed E-state index contributed by atoms with van der Waals surface area (Å²) in [5.41, 5.74) is 2.02. The van der Waals surface area contributed by atoms with E-state index in [1.54, 1.807) is 6.20 Å². The number of nitrogens with zero attached hydrogens (tertiary/aromatic N) is 5. The lowest BCUT2D eigenvalue weighted by molar-refractivity contribution is 0.190. The Bertz CT molecular complexity index is 900. The van der Waals surface area contributed by atoms with Crippen LogP contribution in [-0.4, -0.2) is 51.9 Å². The van der Waals surface area contributed by atoms with Crippen LogP contribution in [0.25, 0.3) is 22.6 Å². The van der Waals surface area contributed by atoms with Gasteiger partial charge in [-0.3, -0.25) is 4.90 Å². The van der Waals surface area contributed by atoms with E-state index >= 15 is 0 Å². The Balaban J connectivity index is 0.00000196. The second-order valence-corrected chi connectivity index (χ2v) is 7.52. The second kappa shape index (κ2) is 6.94. The fraction of sp³-hybridized carbons (Fsp3) is 0.529. The van der Waals surface area contributed by atoms with Crippen molar-refractivity contribution in [2.45, 2.75) is 32.2 Å². The zero-order valence-electron chi connectivity index (χ0n) is 15.3. The number of fused-ring (bicyclic) bond motifs is 1. The molecule has 1 N–H and O–H groups in total. The first kappa shape index (κ1) is 18.8. The molecule has 0 radical (unpaired) electrons. The molecule has 0 aromatic carbocycles. The van der Waals surface area contributed by atoms with Crippen molar-refractivity contribution in [3.05, 3.63) is 23.8 Å². The van der Waals surface area contributed by atoms with Crippen LogP contribution in [0.3, 0.4) is 0 Å². The van der Waals surface area contributed by atoms with Crippen LogP contribution in [0.1, 0.15) is 38.3 Å². The summed E-state index contributed by atoms with van der Waals surface area (Å²) >= 11 is 0. The van der Waals surface area contributed by atoms with Gasteiger partial charge in [0, 0.05) is 31.2 Å². The average Bonchev–Trinajstić information content (AvgIpc) is 3.21. The zero-order chi connectivity index (χ0) is 17.6. The molecule has 0 saturated carbocycles. The largest absolute Gasteiger partial charge is 0.336 e. The number of halogens is 1. The third kappa shape index (κ3) is 3.32. The zero-order valence-corrected chi connectivity index (χ0v) is 16.1. The number of nitrogens with one attached hydrogen (secondary N) is 1. The van der Waals surface area contributed by atoms with E-state index < -0.39 is 0 Å². The van der Waals surface area contributed by atoms with Gasteiger partial charge < -0.3 is 14.4 Å². The summed E-state index contributed by atoms with van der Waals surface area (Å²) in [6, 6.07) is 2.07. The maximum absolute atomic E-state index is 5.50. The smallest absolute Gasteiger partial charge is 0.259 e. The van der Waals surface area contributed by atoms with E-state index in [-0.39, 0.29) is 23.9 Å². The first-order chi connectivity index (χ1) is 11.9. The van der Waals surface area contributed by atoms with E-state index in [1.165, 1.54) is 0 Å². The highest BCUT2D eigenvalue weighted by Crippen LogP contribution is 2.31. The topological polar surface area (TPSA) is 93.1 Å². The molecule has 0 bridgehead atoms. The van der Waals surface area contributed by atoms with Crippen molar-refractivity contribution in [2.75, 3.05) is 26.7 Å². The van der Waals surface area contributed by atoms with Crippen LogP contribution in [0.2, 0.25) is 0 Å². The minimum atomic E-state index is -0.137. The lowest BCUT2D eigenvalue weighted by Gasteiger charge is -2.30. The molecule has 4 heterocycles. The maximum Gasteiger partial charge on any atom is 0.259 e. The van der Waals surface area contributed by atoms with E-state index in [4.69, 9.17) is 9.05 Å². The highest BCUT2D eigenvalue weighted by molar-refractivity contribution is 5.85. The molecule has 1 unspecified atom stereocenters. The predicted octanol–water partition coefficient (Wildman–Crippen LogP) is 2.57. The maximum atomic E-state index is 5.50. The van der Waals surface area contributed by atoms with Gasteiger partial charge in [-0.15, -0.1) is 12.4 Å². The standard InChI is InChI=1S/C17H22N6O2.ClH/c1-17(2,3)13-11-7-10(8-19-16(11)25-21-13)15-20-14(22-24-15)12-9-18-5-6-23(12)4;/h7-8,12,18H,5-6,9H2,1-4H3;1H. The first-order valence-corrected chi connectivity index (χ1v) is 8.44. The number of aromatic nitrogens is 4. The summed E-state index contributed by atoms with van der Waals surface area (Å²) in [6.07, 6.45) is 1.68. The normalized spacial score (nSPS) is 18.8. The summed E-state index contributed by atoms with van der Waals surface area (Å²) < 4.78 is 10.8. The molecular formula is C17H23ClN6O2. The molecule has 1 saturated heterocycles. The lowest BCUT2D eigenvalue weighted by Crippen LogP contribution is -2.44. The summed E-state index contributed by atoms with van der Waals surface area (Å²) in [7, 11) is 2.07. The third-order valence-corrected chi connectivity index (χ3v) is 4.54. The Labute approximate surface area is 157 Å². The van der Waals surface area contributed by atoms with Gasteiger partial charge >= 0.3 is 0 Å². The molecule has 1 aliphatic heterocycles. The number of likely N-dealkylation sites (N-methyl/N-ethyl adjacent to an activating group) is 1. The predicted molar refractivity (Wildman–Crippen MR) is 99.3 cm³/mol. The molecule has 3 aromatic rings. The fourth-order valence-corrected chi connectivity index (χ4v) is 3.07. The van der Waals surface area contributed by atoms with Crippen molar-refractivity contribution in [3.8, 4) is 11.5 Å². The van der Waals surface area contributed by atoms with E-state index in [0.717, 1.165) is 36.3 Å². The first-order valence-electron chi connectivity index (χ1n) is 8.44. The second-order valence-electron chi connectivity index (χ2n) is 7.52. The molecule has 0 aliphatic carbocycles. The quantitative estimate of drug-likeness (QED) is 0.727. The Kier molecular flexibility index (Phi) is 5.01. The molecule has 1 atom stereocenters. The van der Waals surface area contributed by atoms with E-state index in [1.807, 2.05) is 6.07 Å². The number of piperazine rings is 1. The Morgan fingerprint density at radius 2 is 2.04 bits per heavy atom. The fourth-order valence-electron chi connectivity index (χ4n) is 3.07. The molecule has 1 aliphatic rings. The third-order valence-electron chi connectivity index (χ3n) is 4.54. The molecule has 26 heavy (non-hydrogen) atoms. The number of hydrogen-bond donors (Lipinski definition) is 1. The average molecular weight is 379 g/mol. The SMILES string of the molecule is CN1CCNCC1c1noc(-c2cnc3onc(C(C)(C)C)c3c2)n1.Cl. The van der Waals surface area contributed by atoms with Crippen LogP contribution in [0.4, 0.5) is 0 Å². The van der Waals surface area contributed by atoms with Crippen molar-refractivity contribution in [1.82, 2.24) is 30.5 Å². The molecule has 4 rings (SSSR count). The summed E-state index contributed by atoms with van der Waals surface area (Å²) in [5, 5.41) is 12.6. The van der Waals surface area contributed by atoms with Gasteiger partial charge in [0.05, 0.1) is 22.7 Å². The van der Waals surface area contributed by atoms with Gasteiger partial charge in [0.2, 0.25) is 0 Å². The molecule has 8 nitrogen and oxygen atoms in total. The monoisotopic (exact) mass is 378 g/mol. The molecule has 9 heteroatoms. The van der Waals surface area contributed by atoms with Gasteiger partial charge in [0.25, 0.3) is 11.6 Å². The minimum Gasteiger partial charge on any atom is -0.336 e. The van der Waals surface area contributed by atoms with Crippen LogP contribution in [0.15, 0.2) is 21.3 Å². The Morgan fingerprint density at radius 1 is 1.23 bits per heavy atom. The lowest BCUT2D eigenvalue weighted by atomic mass is 9.90. The Hall–Kier alpha value is -2.03. The van der Waals surface area contributed by atoms with Gasteiger partial charge in [0.15, 0.2) is 5.82 Å². The highest BCUT2D eigenvalue weighted by atomic mass is 35.5. The van der Waals surface area contributed by atoms with Crippen LogP contribution in [0.5, 0.6) is 0 Å². The summed E-state index contributed by atoms with van der Waals surface area (Å²) in [6.45, 7) is 9.01. The van der Waals surface area contributed by atoms with Gasteiger partial charge in [-0.25, -0.2) is 4.98 Å². The van der Waals surface area contributed by atoms with Crippen LogP contribution < -0.4 is 5.32 Å². The van der Waals surface area contributed by atoms with E-state index in [2.05, 4.69) is 58.3 Å². The van der Waals surface area contributed by atoms with E-state index in [0.29, 0.717) is 17.4 Å². The number of hydrogen-bond acceptors (Lipinski definition) is 8. The highest BCUT2D eigenvalue weighted by Gasteiger charge is 2.27. The van der Waals surface area contributed by atoms with Crippen molar-refractivity contribution in [1.29, 1.82) is 0 Å². The summed E-state index contributed by atoms with van der Waals surface area (Å²) in [5.74, 6) is 1.15. The molecule has 3 aromatic heterocycles. The molecule has 0 amide bonds. The summed E-state index contributed by atoms with van der Waals surface area (Å²) in [4.78, 5) is 11.2. The van der Waals surface area contributed by atoms with E-state index in [9.17, 15) is 0 Å². The van der Waals surface area contributed by atoms with Gasteiger partial charge in [-0.1, -0.05) is 31.1 Å². The number of rotatable bonds is 2. The Morgan fingerprint density at radius 3 is 2.77 bits per heavy atom. The van der Waals surface area contributed by atoms with Crippen molar-refractivity contribution in [2.24, 2.45) is 0 Å². The molecule has 140 valence electrons. The van der Waals surface area contributed by atoms with Crippen LogP contribution >= 0.6 is 12.4 Å². The van der Waals surface area contributed by atoms with Crippen LogP contribution in [-0.2, 0) is 5.41 Å². The van der Waals surface area contributed by atoms with Gasteiger partial charge in [-0.05, 0) is 13.1 Å². The molecule has 0 spiro atoms. The van der Waals surface area contributed by atoms with Crippen molar-refractivity contribution >= 4 is 23.5 Å². The van der Waals surface area contributed by atoms with Crippen LogP contribution in [0, 0.1) is 0 Å². The van der Waals surface area contributed by atoms with Crippen molar-refractivity contribution < 1.29 is 9.05 Å². The number of pyridine rings is 1. The van der Waals surface area contributed by atoms with Crippen molar-refractivity contribution in [3.63, 3.8) is 0 Å². The van der Waals surface area contributed by atoms with Gasteiger partial charge in [-0.2, -0.15) is 4.98 Å².